The van der Waals surface area contributed by atoms with Gasteiger partial charge in [-0.15, -0.1) is 0 Å². The number of carbonyl (C=O) groups is 1. The van der Waals surface area contributed by atoms with Crippen molar-refractivity contribution in [2.75, 3.05) is 12.4 Å². The number of urea groups is 1. The van der Waals surface area contributed by atoms with Gasteiger partial charge in [-0.1, -0.05) is 24.3 Å². The molecule has 2 N–H and O–H groups in total. The fourth-order valence-corrected chi connectivity index (χ4v) is 1.39. The highest BCUT2D eigenvalue weighted by atomic mass is 16.2. The van der Waals surface area contributed by atoms with Crippen LogP contribution in [0.5, 0.6) is 0 Å². The lowest BCUT2D eigenvalue weighted by molar-refractivity contribution is 0.254. The number of nitrogens with one attached hydrogen (secondary N) is 2. The second kappa shape index (κ2) is 4.00. The van der Waals surface area contributed by atoms with E-state index in [-0.39, 0.29) is 6.03 Å². The van der Waals surface area contributed by atoms with Crippen LogP contribution in [0, 0.1) is 6.07 Å². The summed E-state index contributed by atoms with van der Waals surface area (Å²) in [5.41, 5.74) is 0.779. The third-order valence-corrected chi connectivity index (χ3v) is 2.15. The topological polar surface area (TPSA) is 41.1 Å². The normalized spacial score (nSPS) is 9.93. The van der Waals surface area contributed by atoms with Crippen LogP contribution < -0.4 is 10.6 Å². The van der Waals surface area contributed by atoms with E-state index >= 15 is 0 Å². The van der Waals surface area contributed by atoms with Crippen molar-refractivity contribution >= 4 is 22.5 Å². The fraction of sp³-hybridized carbons (Fsp3) is 0.0833. The summed E-state index contributed by atoms with van der Waals surface area (Å²) in [6, 6.07) is 14.4. The number of fused-ring (bicyclic) bond motifs is 1. The van der Waals surface area contributed by atoms with Crippen molar-refractivity contribution in [2.24, 2.45) is 0 Å². The number of benzene rings is 2. The van der Waals surface area contributed by atoms with Crippen molar-refractivity contribution in [3.8, 4) is 0 Å². The number of hydrogen-bond acceptors (Lipinski definition) is 1. The van der Waals surface area contributed by atoms with Crippen LogP contribution >= 0.6 is 0 Å². The van der Waals surface area contributed by atoms with Gasteiger partial charge in [0.25, 0.3) is 0 Å². The minimum absolute atomic E-state index is 0.214. The Kier molecular flexibility index (Phi) is 2.54. The molecule has 0 atom stereocenters. The molecule has 3 heteroatoms. The lowest BCUT2D eigenvalue weighted by atomic mass is 10.1. The van der Waals surface area contributed by atoms with Crippen LogP contribution in [0.25, 0.3) is 10.8 Å². The van der Waals surface area contributed by atoms with Gasteiger partial charge in [-0.2, -0.15) is 0 Å². The van der Waals surface area contributed by atoms with Gasteiger partial charge < -0.3 is 10.6 Å². The van der Waals surface area contributed by atoms with Crippen LogP contribution in [0.4, 0.5) is 10.5 Å². The molecule has 0 bridgehead atoms. The first-order valence-corrected chi connectivity index (χ1v) is 4.69. The average molecular weight is 199 g/mol. The maximum absolute atomic E-state index is 11.1. The Labute approximate surface area is 88.1 Å². The van der Waals surface area contributed by atoms with E-state index in [2.05, 4.69) is 16.7 Å². The summed E-state index contributed by atoms with van der Waals surface area (Å²) in [5, 5.41) is 7.33. The van der Waals surface area contributed by atoms with Crippen molar-refractivity contribution in [2.45, 2.75) is 0 Å². The molecule has 0 aliphatic heterocycles. The minimum atomic E-state index is -0.214. The number of anilines is 1. The Morgan fingerprint density at radius 1 is 1.33 bits per heavy atom. The first kappa shape index (κ1) is 9.52. The number of amides is 2. The molecule has 1 radical (unpaired) electrons. The third kappa shape index (κ3) is 2.07. The Bertz CT molecular complexity index is 494. The fourth-order valence-electron chi connectivity index (χ4n) is 1.39. The molecule has 0 fully saturated rings. The molecule has 2 aromatic rings. The Hall–Kier alpha value is -2.03. The molecule has 2 aromatic carbocycles. The number of carbonyl (C=O) groups excluding carboxylic acids is 1. The standard InChI is InChI=1S/C12H11N2O/c1-13-12(15)14-11-7-6-9-4-2-3-5-10(9)8-11/h2-3,5-8H,1H3,(H2,13,14,15). The van der Waals surface area contributed by atoms with Crippen LogP contribution in [0.3, 0.4) is 0 Å². The van der Waals surface area contributed by atoms with E-state index < -0.39 is 0 Å². The quantitative estimate of drug-likeness (QED) is 0.727. The van der Waals surface area contributed by atoms with Crippen molar-refractivity contribution < 1.29 is 4.79 Å². The smallest absolute Gasteiger partial charge is 0.318 e. The molecule has 3 nitrogen and oxygen atoms in total. The summed E-state index contributed by atoms with van der Waals surface area (Å²) in [6.45, 7) is 0. The summed E-state index contributed by atoms with van der Waals surface area (Å²) < 4.78 is 0. The molecule has 2 rings (SSSR count). The Morgan fingerprint density at radius 2 is 2.20 bits per heavy atom. The van der Waals surface area contributed by atoms with E-state index in [1.54, 1.807) is 7.05 Å². The molecule has 2 amide bonds. The lowest BCUT2D eigenvalue weighted by Crippen LogP contribution is -2.24. The van der Waals surface area contributed by atoms with E-state index in [4.69, 9.17) is 0 Å². The molecule has 0 aliphatic rings. The molecule has 15 heavy (non-hydrogen) atoms. The zero-order valence-corrected chi connectivity index (χ0v) is 8.37. The molecule has 0 unspecified atom stereocenters. The van der Waals surface area contributed by atoms with Gasteiger partial charge in [0.15, 0.2) is 0 Å². The second-order valence-electron chi connectivity index (χ2n) is 3.18. The van der Waals surface area contributed by atoms with Gasteiger partial charge in [0.1, 0.15) is 0 Å². The largest absolute Gasteiger partial charge is 0.341 e. The summed E-state index contributed by atoms with van der Waals surface area (Å²) in [7, 11) is 1.59. The molecule has 0 heterocycles. The highest BCUT2D eigenvalue weighted by Crippen LogP contribution is 2.18. The van der Waals surface area contributed by atoms with Crippen LogP contribution in [0.15, 0.2) is 36.4 Å². The van der Waals surface area contributed by atoms with E-state index in [1.165, 1.54) is 0 Å². The molecule has 0 aromatic heterocycles. The minimum Gasteiger partial charge on any atom is -0.341 e. The lowest BCUT2D eigenvalue weighted by Gasteiger charge is -2.05. The highest BCUT2D eigenvalue weighted by molar-refractivity contribution is 5.93. The van der Waals surface area contributed by atoms with Gasteiger partial charge in [0, 0.05) is 12.7 Å². The Balaban J connectivity index is 2.34. The van der Waals surface area contributed by atoms with Crippen LogP contribution in [0.1, 0.15) is 0 Å². The van der Waals surface area contributed by atoms with Crippen LogP contribution in [-0.4, -0.2) is 13.1 Å². The molecular formula is C12H11N2O. The maximum atomic E-state index is 11.1. The molecule has 0 saturated heterocycles. The van der Waals surface area contributed by atoms with Gasteiger partial charge in [-0.05, 0) is 29.0 Å². The summed E-state index contributed by atoms with van der Waals surface area (Å²) in [4.78, 5) is 11.1. The Morgan fingerprint density at radius 3 is 3.00 bits per heavy atom. The second-order valence-corrected chi connectivity index (χ2v) is 3.18. The first-order chi connectivity index (χ1) is 7.29. The van der Waals surface area contributed by atoms with Gasteiger partial charge in [0.05, 0.1) is 0 Å². The zero-order valence-electron chi connectivity index (χ0n) is 8.37. The predicted octanol–water partition coefficient (Wildman–Crippen LogP) is 2.39. The number of hydrogen-bond donors (Lipinski definition) is 2. The SMILES string of the molecule is CNC(=O)Nc1ccc2[c]cccc2c1. The van der Waals surface area contributed by atoms with Crippen molar-refractivity contribution in [1.29, 1.82) is 0 Å². The first-order valence-electron chi connectivity index (χ1n) is 4.69. The van der Waals surface area contributed by atoms with E-state index in [0.29, 0.717) is 0 Å². The maximum Gasteiger partial charge on any atom is 0.318 e. The summed E-state index contributed by atoms with van der Waals surface area (Å²) >= 11 is 0. The van der Waals surface area contributed by atoms with Crippen molar-refractivity contribution in [1.82, 2.24) is 5.32 Å². The molecule has 0 spiro atoms. The van der Waals surface area contributed by atoms with Crippen molar-refractivity contribution in [3.63, 3.8) is 0 Å². The highest BCUT2D eigenvalue weighted by Gasteiger charge is 1.99. The van der Waals surface area contributed by atoms with E-state index in [0.717, 1.165) is 16.5 Å². The average Bonchev–Trinajstić information content (AvgIpc) is 2.29. The predicted molar refractivity (Wildman–Crippen MR) is 60.9 cm³/mol. The van der Waals surface area contributed by atoms with Crippen LogP contribution in [-0.2, 0) is 0 Å². The molecule has 0 saturated carbocycles. The summed E-state index contributed by atoms with van der Waals surface area (Å²) in [5.74, 6) is 0. The van der Waals surface area contributed by atoms with Gasteiger partial charge >= 0.3 is 6.03 Å². The zero-order chi connectivity index (χ0) is 10.7. The van der Waals surface area contributed by atoms with E-state index in [1.807, 2.05) is 36.4 Å². The van der Waals surface area contributed by atoms with Crippen LogP contribution in [0.2, 0.25) is 0 Å². The van der Waals surface area contributed by atoms with E-state index in [9.17, 15) is 4.79 Å². The molecule has 75 valence electrons. The molecule has 0 aliphatic carbocycles. The van der Waals surface area contributed by atoms with Gasteiger partial charge in [-0.3, -0.25) is 0 Å². The van der Waals surface area contributed by atoms with Gasteiger partial charge in [-0.25, -0.2) is 4.79 Å². The molecular weight excluding hydrogens is 188 g/mol. The van der Waals surface area contributed by atoms with Gasteiger partial charge in [0.2, 0.25) is 0 Å². The summed E-state index contributed by atoms with van der Waals surface area (Å²) in [6.07, 6.45) is 0. The van der Waals surface area contributed by atoms with Crippen molar-refractivity contribution in [3.05, 3.63) is 42.5 Å². The third-order valence-electron chi connectivity index (χ3n) is 2.15. The number of rotatable bonds is 1. The monoisotopic (exact) mass is 199 g/mol.